The van der Waals surface area contributed by atoms with Gasteiger partial charge in [0, 0.05) is 6.92 Å². The fourth-order valence-corrected chi connectivity index (χ4v) is 1.13. The van der Waals surface area contributed by atoms with E-state index in [1.165, 1.54) is 36.1 Å². The van der Waals surface area contributed by atoms with Gasteiger partial charge in [0.15, 0.2) is 0 Å². The molecule has 0 bridgehead atoms. The molecule has 0 unspecified atom stereocenters. The Labute approximate surface area is 96.1 Å². The number of carbonyl (C=O) groups is 1. The first-order valence-corrected chi connectivity index (χ1v) is 11.2. The van der Waals surface area contributed by atoms with Crippen molar-refractivity contribution in [3.8, 4) is 0 Å². The number of halogens is 1. The van der Waals surface area contributed by atoms with E-state index in [2.05, 4.69) is 19.7 Å². The maximum absolute atomic E-state index is 10.4. The molecular formula is C9H13BrO2Zn. The van der Waals surface area contributed by atoms with E-state index in [-0.39, 0.29) is 5.97 Å². The second-order valence-electron chi connectivity index (χ2n) is 2.75. The number of rotatable bonds is 2. The summed E-state index contributed by atoms with van der Waals surface area (Å²) in [6.07, 6.45) is 6.77. The van der Waals surface area contributed by atoms with Crippen molar-refractivity contribution in [1.82, 2.24) is 0 Å². The van der Waals surface area contributed by atoms with E-state index in [9.17, 15) is 4.79 Å². The van der Waals surface area contributed by atoms with Crippen molar-refractivity contribution in [3.05, 3.63) is 18.3 Å². The van der Waals surface area contributed by atoms with Gasteiger partial charge in [0.05, 0.1) is 0 Å². The summed E-state index contributed by atoms with van der Waals surface area (Å²) in [5.74, 6) is -0.239. The average Bonchev–Trinajstić information content (AvgIpc) is 2.19. The van der Waals surface area contributed by atoms with E-state index in [1.54, 1.807) is 6.61 Å². The third-order valence-electron chi connectivity index (χ3n) is 1.70. The van der Waals surface area contributed by atoms with Crippen LogP contribution in [0.25, 0.3) is 0 Å². The van der Waals surface area contributed by atoms with Crippen LogP contribution in [0.5, 0.6) is 0 Å². The zero-order chi connectivity index (χ0) is 10.1. The average molecular weight is 298 g/mol. The molecule has 4 heteroatoms. The monoisotopic (exact) mass is 296 g/mol. The third-order valence-corrected chi connectivity index (χ3v) is 1.70. The van der Waals surface area contributed by atoms with Gasteiger partial charge in [0.2, 0.25) is 0 Å². The van der Waals surface area contributed by atoms with Gasteiger partial charge in [-0.2, -0.15) is 5.57 Å². The number of hydrogen-bond acceptors (Lipinski definition) is 2. The van der Waals surface area contributed by atoms with Crippen LogP contribution >= 0.6 is 13.6 Å². The van der Waals surface area contributed by atoms with Crippen molar-refractivity contribution < 1.29 is 25.9 Å². The Morgan fingerprint density at radius 3 is 2.77 bits per heavy atom. The summed E-state index contributed by atoms with van der Waals surface area (Å²) < 4.78 is 4.75. The van der Waals surface area contributed by atoms with E-state index >= 15 is 0 Å². The van der Waals surface area contributed by atoms with Gasteiger partial charge < -0.3 is 4.74 Å². The summed E-state index contributed by atoms with van der Waals surface area (Å²) in [6, 6.07) is 0. The SMILES string of the molecule is CC(=O)O[CH-]C1=CCCCC1.[Zn+][Br]. The van der Waals surface area contributed by atoms with Gasteiger partial charge in [-0.05, 0) is 0 Å². The van der Waals surface area contributed by atoms with Gasteiger partial charge in [-0.25, -0.2) is 6.08 Å². The molecule has 1 aliphatic rings. The summed E-state index contributed by atoms with van der Waals surface area (Å²) in [7, 11) is 0. The van der Waals surface area contributed by atoms with Gasteiger partial charge in [0.1, 0.15) is 0 Å². The second kappa shape index (κ2) is 8.77. The molecular weight excluding hydrogens is 285 g/mol. The summed E-state index contributed by atoms with van der Waals surface area (Å²) in [5, 5.41) is 0. The molecule has 0 fully saturated rings. The maximum atomic E-state index is 10.4. The first-order valence-electron chi connectivity index (χ1n) is 4.25. The van der Waals surface area contributed by atoms with E-state index in [4.69, 9.17) is 4.74 Å². The standard InChI is InChI=1S/C9H13O2.BrH.Zn/c1-8(10)11-7-9-5-3-2-4-6-9;;/h5,7H,2-4,6H2,1H3;1H;/q-1;;+2/p-1. The van der Waals surface area contributed by atoms with Gasteiger partial charge in [0.25, 0.3) is 5.97 Å². The molecule has 0 aromatic carbocycles. The van der Waals surface area contributed by atoms with Crippen molar-refractivity contribution in [2.24, 2.45) is 0 Å². The molecule has 1 aliphatic carbocycles. The van der Waals surface area contributed by atoms with E-state index < -0.39 is 0 Å². The second-order valence-corrected chi connectivity index (χ2v) is 2.75. The molecule has 0 N–H and O–H groups in total. The molecule has 0 amide bonds. The Hall–Kier alpha value is 0.183. The molecule has 0 saturated carbocycles. The predicted octanol–water partition coefficient (Wildman–Crippen LogP) is 3.05. The Morgan fingerprint density at radius 1 is 1.62 bits per heavy atom. The van der Waals surface area contributed by atoms with Crippen molar-refractivity contribution >= 4 is 19.6 Å². The van der Waals surface area contributed by atoms with Crippen LogP contribution in [-0.4, -0.2) is 5.97 Å². The quantitative estimate of drug-likeness (QED) is 0.445. The fourth-order valence-electron chi connectivity index (χ4n) is 1.13. The molecule has 0 aliphatic heterocycles. The van der Waals surface area contributed by atoms with E-state index in [0.717, 1.165) is 18.4 Å². The summed E-state index contributed by atoms with van der Waals surface area (Å²) in [4.78, 5) is 10.4. The van der Waals surface area contributed by atoms with E-state index in [1.807, 2.05) is 0 Å². The molecule has 0 saturated heterocycles. The molecule has 0 radical (unpaired) electrons. The predicted molar refractivity (Wildman–Crippen MR) is 51.5 cm³/mol. The van der Waals surface area contributed by atoms with Crippen molar-refractivity contribution in [3.63, 3.8) is 0 Å². The van der Waals surface area contributed by atoms with Crippen LogP contribution in [0, 0.1) is 6.61 Å². The molecule has 70 valence electrons. The minimum atomic E-state index is -0.239. The van der Waals surface area contributed by atoms with Crippen LogP contribution in [0.4, 0.5) is 0 Å². The van der Waals surface area contributed by atoms with Crippen LogP contribution in [0.2, 0.25) is 0 Å². The molecule has 0 atom stereocenters. The first-order chi connectivity index (χ1) is 6.29. The third kappa shape index (κ3) is 7.27. The number of ether oxygens (including phenoxy) is 1. The van der Waals surface area contributed by atoms with Gasteiger partial charge in [-0.15, -0.1) is 6.42 Å². The van der Waals surface area contributed by atoms with Crippen LogP contribution in [-0.2, 0) is 25.9 Å². The molecule has 1 rings (SSSR count). The van der Waals surface area contributed by atoms with Gasteiger partial charge in [-0.1, -0.05) is 25.9 Å². The topological polar surface area (TPSA) is 26.3 Å². The van der Waals surface area contributed by atoms with Gasteiger partial charge in [-0.3, -0.25) is 4.79 Å². The van der Waals surface area contributed by atoms with Crippen molar-refractivity contribution in [1.29, 1.82) is 0 Å². The molecule has 13 heavy (non-hydrogen) atoms. The Kier molecular flexibility index (Phi) is 8.89. The number of hydrogen-bond donors (Lipinski definition) is 0. The Balaban J connectivity index is 0.000000671. The summed E-state index contributed by atoms with van der Waals surface area (Å²) in [5.41, 5.74) is 1.16. The number of allylic oxidation sites excluding steroid dienone is 1. The zero-order valence-electron chi connectivity index (χ0n) is 7.88. The molecule has 0 spiro atoms. The molecule has 0 heterocycles. The number of carbonyl (C=O) groups excluding carboxylic acids is 1. The normalized spacial score (nSPS) is 14.9. The van der Waals surface area contributed by atoms with Crippen molar-refractivity contribution in [2.45, 2.75) is 32.6 Å². The Bertz CT molecular complexity index is 180. The molecule has 2 nitrogen and oxygen atoms in total. The number of esters is 1. The fraction of sp³-hybridized carbons (Fsp3) is 0.556. The minimum absolute atomic E-state index is 0.239. The van der Waals surface area contributed by atoms with Crippen molar-refractivity contribution in [2.75, 3.05) is 0 Å². The van der Waals surface area contributed by atoms with Crippen LogP contribution in [0.15, 0.2) is 11.6 Å². The van der Waals surface area contributed by atoms with E-state index in [0.29, 0.717) is 0 Å². The molecule has 0 aromatic heterocycles. The van der Waals surface area contributed by atoms with Gasteiger partial charge >= 0.3 is 30.0 Å². The zero-order valence-corrected chi connectivity index (χ0v) is 12.4. The summed E-state index contributed by atoms with van der Waals surface area (Å²) >= 11 is 4.25. The first kappa shape index (κ1) is 13.2. The molecule has 0 aromatic rings. The summed E-state index contributed by atoms with van der Waals surface area (Å²) in [6.45, 7) is 2.99. The Morgan fingerprint density at radius 2 is 2.31 bits per heavy atom. The van der Waals surface area contributed by atoms with Crippen LogP contribution in [0.3, 0.4) is 0 Å². The van der Waals surface area contributed by atoms with Crippen LogP contribution < -0.4 is 0 Å². The van der Waals surface area contributed by atoms with Crippen LogP contribution in [0.1, 0.15) is 32.6 Å².